The molecule has 20 heavy (non-hydrogen) atoms. The zero-order valence-corrected chi connectivity index (χ0v) is 12.1. The summed E-state index contributed by atoms with van der Waals surface area (Å²) in [6, 6.07) is 10.9. The Morgan fingerprint density at radius 1 is 1.05 bits per heavy atom. The Hall–Kier alpha value is -0.940. The maximum Gasteiger partial charge on any atom is 0.122 e. The fraction of sp³-hybridized carbons (Fsp3) is 0.625. The molecule has 2 aliphatic heterocycles. The van der Waals surface area contributed by atoms with Crippen LogP contribution < -0.4 is 10.9 Å². The fourth-order valence-electron chi connectivity index (χ4n) is 3.05. The highest BCUT2D eigenvalue weighted by atomic mass is 16.5. The van der Waals surface area contributed by atoms with Crippen LogP contribution in [0.15, 0.2) is 30.3 Å². The first-order valence-corrected chi connectivity index (χ1v) is 7.82. The Morgan fingerprint density at radius 2 is 1.85 bits per heavy atom. The molecule has 2 N–H and O–H groups in total. The summed E-state index contributed by atoms with van der Waals surface area (Å²) in [5.41, 5.74) is 7.90. The van der Waals surface area contributed by atoms with E-state index in [4.69, 9.17) is 4.74 Å². The van der Waals surface area contributed by atoms with Gasteiger partial charge in [-0.15, -0.1) is 0 Å². The lowest BCUT2D eigenvalue weighted by atomic mass is 10.1. The number of ether oxygens (including phenoxy) is 1. The molecule has 1 aromatic rings. The molecule has 2 unspecified atom stereocenters. The maximum atomic E-state index is 5.94. The predicted octanol–water partition coefficient (Wildman–Crippen LogP) is 2.05. The molecule has 2 saturated heterocycles. The van der Waals surface area contributed by atoms with Crippen LogP contribution in [0.25, 0.3) is 0 Å². The standard InChI is InChI=1S/C16H25N3O/c1-3-7-14(8-4-1)15-13-16(18-17-15)20-12-11-19-9-5-2-6-10-19/h1,3-4,7-8,15-18H,2,5-6,9-13H2. The minimum atomic E-state index is 0.130. The van der Waals surface area contributed by atoms with E-state index in [9.17, 15) is 0 Å². The summed E-state index contributed by atoms with van der Waals surface area (Å²) in [6.07, 6.45) is 5.21. The molecule has 2 atom stereocenters. The largest absolute Gasteiger partial charge is 0.361 e. The fourth-order valence-corrected chi connectivity index (χ4v) is 3.05. The minimum Gasteiger partial charge on any atom is -0.361 e. The highest BCUT2D eigenvalue weighted by molar-refractivity contribution is 5.19. The highest BCUT2D eigenvalue weighted by Gasteiger charge is 2.25. The molecular weight excluding hydrogens is 250 g/mol. The molecule has 0 bridgehead atoms. The zero-order valence-electron chi connectivity index (χ0n) is 12.1. The third-order valence-corrected chi connectivity index (χ3v) is 4.25. The summed E-state index contributed by atoms with van der Waals surface area (Å²) in [7, 11) is 0. The maximum absolute atomic E-state index is 5.94. The van der Waals surface area contributed by atoms with Crippen molar-refractivity contribution in [3.63, 3.8) is 0 Å². The summed E-state index contributed by atoms with van der Waals surface area (Å²) < 4.78 is 5.94. The molecule has 0 aliphatic carbocycles. The lowest BCUT2D eigenvalue weighted by Crippen LogP contribution is -2.36. The monoisotopic (exact) mass is 275 g/mol. The van der Waals surface area contributed by atoms with Crippen LogP contribution in [0, 0.1) is 0 Å². The smallest absolute Gasteiger partial charge is 0.122 e. The van der Waals surface area contributed by atoms with E-state index in [1.165, 1.54) is 37.9 Å². The van der Waals surface area contributed by atoms with E-state index in [1.54, 1.807) is 0 Å². The van der Waals surface area contributed by atoms with Crippen LogP contribution in [0.5, 0.6) is 0 Å². The first kappa shape index (κ1) is 14.0. The van der Waals surface area contributed by atoms with Gasteiger partial charge in [0.2, 0.25) is 0 Å². The van der Waals surface area contributed by atoms with Gasteiger partial charge in [-0.25, -0.2) is 10.9 Å². The van der Waals surface area contributed by atoms with Crippen LogP contribution >= 0.6 is 0 Å². The van der Waals surface area contributed by atoms with E-state index < -0.39 is 0 Å². The second kappa shape index (κ2) is 7.18. The molecule has 0 aromatic heterocycles. The zero-order chi connectivity index (χ0) is 13.6. The molecule has 1 aromatic carbocycles. The Bertz CT molecular complexity index is 392. The molecule has 2 fully saturated rings. The first-order chi connectivity index (χ1) is 9.92. The summed E-state index contributed by atoms with van der Waals surface area (Å²) >= 11 is 0. The van der Waals surface area contributed by atoms with Crippen molar-refractivity contribution >= 4 is 0 Å². The van der Waals surface area contributed by atoms with Gasteiger partial charge in [0, 0.05) is 13.0 Å². The van der Waals surface area contributed by atoms with Gasteiger partial charge in [-0.1, -0.05) is 36.8 Å². The van der Waals surface area contributed by atoms with Gasteiger partial charge in [-0.3, -0.25) is 0 Å². The van der Waals surface area contributed by atoms with Crippen molar-refractivity contribution in [1.29, 1.82) is 0 Å². The van der Waals surface area contributed by atoms with Gasteiger partial charge >= 0.3 is 0 Å². The number of likely N-dealkylation sites (tertiary alicyclic amines) is 1. The minimum absolute atomic E-state index is 0.130. The van der Waals surface area contributed by atoms with Crippen molar-refractivity contribution in [2.24, 2.45) is 0 Å². The predicted molar refractivity (Wildman–Crippen MR) is 80.1 cm³/mol. The van der Waals surface area contributed by atoms with Gasteiger partial charge in [-0.05, 0) is 31.5 Å². The summed E-state index contributed by atoms with van der Waals surface area (Å²) in [5.74, 6) is 0. The molecule has 0 saturated carbocycles. The van der Waals surface area contributed by atoms with Crippen LogP contribution in [0.1, 0.15) is 37.3 Å². The molecule has 0 radical (unpaired) electrons. The van der Waals surface area contributed by atoms with Crippen LogP contribution in [0.4, 0.5) is 0 Å². The van der Waals surface area contributed by atoms with Crippen LogP contribution in [0.2, 0.25) is 0 Å². The second-order valence-electron chi connectivity index (χ2n) is 5.75. The van der Waals surface area contributed by atoms with E-state index in [0.29, 0.717) is 6.04 Å². The van der Waals surface area contributed by atoms with Crippen molar-refractivity contribution in [2.45, 2.75) is 38.0 Å². The molecular formula is C16H25N3O. The van der Waals surface area contributed by atoms with Gasteiger partial charge in [0.25, 0.3) is 0 Å². The van der Waals surface area contributed by atoms with Crippen molar-refractivity contribution in [2.75, 3.05) is 26.2 Å². The van der Waals surface area contributed by atoms with Crippen molar-refractivity contribution in [1.82, 2.24) is 15.8 Å². The van der Waals surface area contributed by atoms with Crippen molar-refractivity contribution < 1.29 is 4.74 Å². The Morgan fingerprint density at radius 3 is 2.65 bits per heavy atom. The van der Waals surface area contributed by atoms with Crippen molar-refractivity contribution in [3.05, 3.63) is 35.9 Å². The Labute approximate surface area is 121 Å². The number of piperidine rings is 1. The summed E-state index contributed by atoms with van der Waals surface area (Å²) in [6.45, 7) is 4.37. The number of hydrogen-bond acceptors (Lipinski definition) is 4. The topological polar surface area (TPSA) is 36.5 Å². The molecule has 0 amide bonds. The van der Waals surface area contributed by atoms with Gasteiger partial charge in [-0.2, -0.15) is 0 Å². The average molecular weight is 275 g/mol. The van der Waals surface area contributed by atoms with Gasteiger partial charge < -0.3 is 9.64 Å². The third-order valence-electron chi connectivity index (χ3n) is 4.25. The van der Waals surface area contributed by atoms with E-state index in [2.05, 4.69) is 46.1 Å². The average Bonchev–Trinajstić information content (AvgIpc) is 2.98. The molecule has 2 aliphatic rings. The molecule has 2 heterocycles. The van der Waals surface area contributed by atoms with Crippen LogP contribution in [0.3, 0.4) is 0 Å². The molecule has 4 nitrogen and oxygen atoms in total. The molecule has 3 rings (SSSR count). The van der Waals surface area contributed by atoms with Gasteiger partial charge in [0.15, 0.2) is 0 Å². The highest BCUT2D eigenvalue weighted by Crippen LogP contribution is 2.22. The van der Waals surface area contributed by atoms with Gasteiger partial charge in [0.1, 0.15) is 6.23 Å². The third kappa shape index (κ3) is 3.79. The van der Waals surface area contributed by atoms with E-state index in [1.807, 2.05) is 0 Å². The summed E-state index contributed by atoms with van der Waals surface area (Å²) in [4.78, 5) is 2.51. The van der Waals surface area contributed by atoms with E-state index in [0.717, 1.165) is 19.6 Å². The van der Waals surface area contributed by atoms with E-state index >= 15 is 0 Å². The SMILES string of the molecule is c1ccc(C2CC(OCCN3CCCCC3)NN2)cc1. The number of hydrogen-bond donors (Lipinski definition) is 2. The Balaban J connectivity index is 1.37. The number of hydrazine groups is 1. The van der Waals surface area contributed by atoms with Gasteiger partial charge in [0.05, 0.1) is 12.6 Å². The summed E-state index contributed by atoms with van der Waals surface area (Å²) in [5, 5.41) is 0. The van der Waals surface area contributed by atoms with Crippen LogP contribution in [-0.4, -0.2) is 37.4 Å². The van der Waals surface area contributed by atoms with E-state index in [-0.39, 0.29) is 6.23 Å². The first-order valence-electron chi connectivity index (χ1n) is 7.82. The molecule has 4 heteroatoms. The number of nitrogens with zero attached hydrogens (tertiary/aromatic N) is 1. The normalized spacial score (nSPS) is 27.8. The number of nitrogens with one attached hydrogen (secondary N) is 2. The molecule has 0 spiro atoms. The number of benzene rings is 1. The lowest BCUT2D eigenvalue weighted by Gasteiger charge is -2.26. The molecule has 110 valence electrons. The quantitative estimate of drug-likeness (QED) is 0.862. The Kier molecular flexibility index (Phi) is 5.03. The lowest BCUT2D eigenvalue weighted by molar-refractivity contribution is 0.0226. The van der Waals surface area contributed by atoms with Crippen molar-refractivity contribution in [3.8, 4) is 0 Å². The number of rotatable bonds is 5. The van der Waals surface area contributed by atoms with Crippen LogP contribution in [-0.2, 0) is 4.74 Å². The second-order valence-corrected chi connectivity index (χ2v) is 5.75.